The average molecular weight is 1220 g/mol. The van der Waals surface area contributed by atoms with Crippen LogP contribution >= 0.6 is 0 Å². The van der Waals surface area contributed by atoms with Crippen LogP contribution < -0.4 is 34.9 Å². The van der Waals surface area contributed by atoms with E-state index in [1.165, 1.54) is 31.8 Å². The van der Waals surface area contributed by atoms with Gasteiger partial charge in [-0.05, 0) is 105 Å². The normalized spacial score (nSPS) is 11.2. The molecule has 2 aromatic carbocycles. The van der Waals surface area contributed by atoms with Gasteiger partial charge in [-0.25, -0.2) is 18.0 Å². The molecular formula is C55H93N11O14SSi2. The number of nitrogens with zero attached hydrogens (tertiary/aromatic N) is 9. The maximum Gasteiger partial charge on any atom is 0.415 e. The van der Waals surface area contributed by atoms with E-state index >= 15 is 0 Å². The molecule has 5 N–H and O–H groups in total. The number of hydrogen-bond acceptors (Lipinski definition) is 21. The Balaban J connectivity index is 0. The second-order valence-corrected chi connectivity index (χ2v) is 32.1. The van der Waals surface area contributed by atoms with Crippen LogP contribution in [0, 0.1) is 20.2 Å². The Labute approximate surface area is 493 Å². The highest BCUT2D eigenvalue weighted by molar-refractivity contribution is 7.90. The number of sulfone groups is 1. The lowest BCUT2D eigenvalue weighted by molar-refractivity contribution is -0.383. The SMILES string of the molecule is C.C.C=CCO.C=CCOc1nc(N)c([N+](=O)[O-])c(N(Cc2cccc(O[Si](C)(C)C(C)(C)C)c2)C(=O)OCC)n1.CCN(CC)CC.CCOC(=O)N(Cc1cccc(O[Si](C)(C)C(C)(C)C)c1)c1nc(S(C)(=O)=O)nc(N)c1[N+](=O)[O-]. The number of carbonyl (C=O) groups is 2. The van der Waals surface area contributed by atoms with Gasteiger partial charge < -0.3 is 44.5 Å². The van der Waals surface area contributed by atoms with Crippen LogP contribution in [-0.2, 0) is 32.4 Å². The zero-order valence-corrected chi connectivity index (χ0v) is 52.7. The standard InChI is InChI=1S/C23H33N5O6Si.C21H31N5O7SSi.C6H15N.C3H6O.2CH4/c1-8-13-33-21-25-19(24)18(28(30)31)20(26-21)27(22(29)32-9-2)15-16-11-10-12-17(14-16)34-35(6,7)23(3,4)5;1-8-32-20(27)25(18-16(26(28)29)17(22)23-19(24-18)34(5,30)31)13-14-10-9-11-15(12-14)33-35(6,7)21(2,3)4;1-4-7(5-2)6-3;1-2-3-4;;/h8,10-12,14H,1,9,13,15H2,2-7H3,(H2,24,25,26);9-12H,8,13H2,1-7H3,(H2,22,23,24);4-6H2,1-3H3;2,4H,1,3H2;2*1H4. The first kappa shape index (κ1) is 77.8. The zero-order chi connectivity index (χ0) is 62.3. The summed E-state index contributed by atoms with van der Waals surface area (Å²) in [4.78, 5) is 67.2. The number of benzene rings is 2. The molecule has 2 amide bonds. The first-order valence-corrected chi connectivity index (χ1v) is 33.7. The van der Waals surface area contributed by atoms with Crippen molar-refractivity contribution in [1.82, 2.24) is 24.8 Å². The minimum Gasteiger partial charge on any atom is -0.543 e. The van der Waals surface area contributed by atoms with Crippen LogP contribution in [0.25, 0.3) is 0 Å². The van der Waals surface area contributed by atoms with Gasteiger partial charge in [0.25, 0.3) is 5.16 Å². The van der Waals surface area contributed by atoms with Crippen LogP contribution in [0.4, 0.5) is 44.2 Å². The number of amides is 2. The number of rotatable bonds is 22. The fourth-order valence-corrected chi connectivity index (χ4v) is 8.73. The summed E-state index contributed by atoms with van der Waals surface area (Å²) >= 11 is 0. The molecule has 0 aliphatic heterocycles. The van der Waals surface area contributed by atoms with E-state index in [0.717, 1.165) is 16.1 Å². The molecular weight excluding hydrogens is 1130 g/mol. The molecule has 466 valence electrons. The summed E-state index contributed by atoms with van der Waals surface area (Å²) in [6.07, 6.45) is 1.91. The molecule has 0 unspecified atom stereocenters. The Bertz CT molecular complexity index is 2860. The molecule has 0 saturated heterocycles. The summed E-state index contributed by atoms with van der Waals surface area (Å²) in [6, 6.07) is 13.9. The molecule has 28 heteroatoms. The first-order valence-electron chi connectivity index (χ1n) is 26.0. The fraction of sp³-hybridized carbons (Fsp3) is 0.527. The van der Waals surface area contributed by atoms with Crippen molar-refractivity contribution >= 4 is 73.3 Å². The van der Waals surface area contributed by atoms with Crippen LogP contribution in [0.2, 0.25) is 36.3 Å². The number of nitrogen functional groups attached to an aromatic ring is 2. The molecule has 0 aliphatic rings. The lowest BCUT2D eigenvalue weighted by Gasteiger charge is -2.36. The van der Waals surface area contributed by atoms with Crippen molar-refractivity contribution in [2.24, 2.45) is 0 Å². The highest BCUT2D eigenvalue weighted by Crippen LogP contribution is 2.40. The van der Waals surface area contributed by atoms with Crippen LogP contribution in [-0.4, -0.2) is 129 Å². The van der Waals surface area contributed by atoms with E-state index in [1.807, 2.05) is 6.07 Å². The summed E-state index contributed by atoms with van der Waals surface area (Å²) in [5.74, 6) is -0.836. The molecule has 83 heavy (non-hydrogen) atoms. The number of nitro groups is 2. The lowest BCUT2D eigenvalue weighted by Crippen LogP contribution is -2.43. The molecule has 0 saturated carbocycles. The van der Waals surface area contributed by atoms with Gasteiger partial charge in [0.1, 0.15) is 18.1 Å². The highest BCUT2D eigenvalue weighted by atomic mass is 32.2. The number of aliphatic hydroxyl groups is 1. The van der Waals surface area contributed by atoms with Gasteiger partial charge in [-0.3, -0.25) is 30.0 Å². The molecule has 0 aliphatic carbocycles. The molecule has 0 spiro atoms. The maximum atomic E-state index is 12.9. The Kier molecular flexibility index (Phi) is 32.8. The topological polar surface area (TPSA) is 334 Å². The predicted octanol–water partition coefficient (Wildman–Crippen LogP) is 11.8. The van der Waals surface area contributed by atoms with Crippen molar-refractivity contribution in [1.29, 1.82) is 0 Å². The van der Waals surface area contributed by atoms with E-state index in [-0.39, 0.29) is 76.3 Å². The monoisotopic (exact) mass is 1220 g/mol. The Morgan fingerprint density at radius 1 is 0.687 bits per heavy atom. The van der Waals surface area contributed by atoms with Gasteiger partial charge >= 0.3 is 29.6 Å². The maximum absolute atomic E-state index is 12.9. The minimum absolute atomic E-state index is 0. The Hall–Kier alpha value is -7.28. The summed E-state index contributed by atoms with van der Waals surface area (Å²) in [5, 5.41) is 30.5. The number of aliphatic hydroxyl groups excluding tert-OH is 1. The van der Waals surface area contributed by atoms with Gasteiger partial charge in [0, 0.05) is 6.26 Å². The number of anilines is 4. The van der Waals surface area contributed by atoms with Crippen LogP contribution in [0.15, 0.2) is 79.0 Å². The van der Waals surface area contributed by atoms with E-state index in [9.17, 15) is 38.2 Å². The first-order chi connectivity index (χ1) is 37.5. The van der Waals surface area contributed by atoms with Crippen LogP contribution in [0.1, 0.15) is 102 Å². The molecule has 4 rings (SSSR count). The quantitative estimate of drug-likeness (QED) is 0.0216. The smallest absolute Gasteiger partial charge is 0.415 e. The van der Waals surface area contributed by atoms with Crippen LogP contribution in [0.3, 0.4) is 0 Å². The van der Waals surface area contributed by atoms with E-state index in [2.05, 4.69) is 126 Å². The Morgan fingerprint density at radius 2 is 1.06 bits per heavy atom. The highest BCUT2D eigenvalue weighted by Gasteiger charge is 2.41. The molecule has 0 bridgehead atoms. The van der Waals surface area contributed by atoms with Crippen molar-refractivity contribution in [3.8, 4) is 17.5 Å². The van der Waals surface area contributed by atoms with E-state index < -0.39 is 82.5 Å². The number of carbonyl (C=O) groups excluding carboxylic acids is 2. The molecule has 0 atom stereocenters. The van der Waals surface area contributed by atoms with Crippen molar-refractivity contribution in [3.05, 3.63) is 105 Å². The third kappa shape index (κ3) is 24.2. The number of nitrogens with two attached hydrogens (primary N) is 2. The van der Waals surface area contributed by atoms with Gasteiger partial charge in [-0.1, -0.05) is 120 Å². The van der Waals surface area contributed by atoms with Crippen LogP contribution in [0.5, 0.6) is 17.5 Å². The predicted molar refractivity (Wildman–Crippen MR) is 334 cm³/mol. The molecule has 0 fully saturated rings. The summed E-state index contributed by atoms with van der Waals surface area (Å²) < 4.78 is 52.4. The van der Waals surface area contributed by atoms with Crippen molar-refractivity contribution in [2.75, 3.05) is 73.6 Å². The third-order valence-corrected chi connectivity index (χ3v) is 22.1. The second kappa shape index (κ2) is 35.0. The second-order valence-electron chi connectivity index (χ2n) is 20.7. The van der Waals surface area contributed by atoms with E-state index in [0.29, 0.717) is 22.6 Å². The lowest BCUT2D eigenvalue weighted by atomic mass is 10.2. The molecule has 2 aromatic heterocycles. The van der Waals surface area contributed by atoms with Gasteiger partial charge in [-0.15, -0.1) is 6.58 Å². The van der Waals surface area contributed by atoms with E-state index in [1.54, 1.807) is 56.3 Å². The largest absolute Gasteiger partial charge is 0.543 e. The Morgan fingerprint density at radius 3 is 1.36 bits per heavy atom. The average Bonchev–Trinajstić information content (AvgIpc) is 3.49. The van der Waals surface area contributed by atoms with Crippen molar-refractivity contribution in [3.63, 3.8) is 0 Å². The minimum atomic E-state index is -3.99. The van der Waals surface area contributed by atoms with Crippen molar-refractivity contribution in [2.45, 2.75) is 146 Å². The van der Waals surface area contributed by atoms with Gasteiger partial charge in [0.2, 0.25) is 49.7 Å². The van der Waals surface area contributed by atoms with Gasteiger partial charge in [-0.2, -0.15) is 19.9 Å². The summed E-state index contributed by atoms with van der Waals surface area (Å²) in [5.41, 5.74) is 11.3. The van der Waals surface area contributed by atoms with Crippen molar-refractivity contribution < 1.29 is 56.0 Å². The zero-order valence-electron chi connectivity index (χ0n) is 49.9. The summed E-state index contributed by atoms with van der Waals surface area (Å²) in [7, 11) is -8.27. The summed E-state index contributed by atoms with van der Waals surface area (Å²) in [6.45, 7) is 41.1. The molecule has 25 nitrogen and oxygen atoms in total. The van der Waals surface area contributed by atoms with Gasteiger partial charge in [0.15, 0.2) is 0 Å². The number of hydrogen-bond donors (Lipinski definition) is 3. The molecule has 2 heterocycles. The number of ether oxygens (including phenoxy) is 3. The fourth-order valence-electron chi connectivity index (χ4n) is 6.17. The number of aromatic nitrogens is 4. The molecule has 0 radical (unpaired) electrons. The third-order valence-electron chi connectivity index (χ3n) is 12.6. The van der Waals surface area contributed by atoms with Gasteiger partial charge in [0.05, 0.1) is 42.8 Å². The molecule has 4 aromatic rings. The van der Waals surface area contributed by atoms with E-state index in [4.69, 9.17) is 39.6 Å².